The minimum Gasteiger partial charge on any atom is -0.327 e. The van der Waals surface area contributed by atoms with Gasteiger partial charge in [0.25, 0.3) is 0 Å². The van der Waals surface area contributed by atoms with Gasteiger partial charge in [-0.2, -0.15) is 0 Å². The molecule has 0 aliphatic heterocycles. The predicted molar refractivity (Wildman–Crippen MR) is 72.3 cm³/mol. The molecule has 96 valence electrons. The molecule has 0 aromatic rings. The maximum absolute atomic E-state index is 6.36. The fourth-order valence-corrected chi connectivity index (χ4v) is 3.11. The highest BCUT2D eigenvalue weighted by molar-refractivity contribution is 4.86. The Morgan fingerprint density at radius 2 is 1.62 bits per heavy atom. The van der Waals surface area contributed by atoms with Gasteiger partial charge in [-0.1, -0.05) is 41.0 Å². The van der Waals surface area contributed by atoms with Crippen LogP contribution in [0.1, 0.15) is 66.7 Å². The van der Waals surface area contributed by atoms with Crippen LogP contribution in [0.5, 0.6) is 0 Å². The largest absolute Gasteiger partial charge is 0.327 e. The Morgan fingerprint density at radius 3 is 2.00 bits per heavy atom. The molecule has 1 aliphatic carbocycles. The van der Waals surface area contributed by atoms with Crippen molar-refractivity contribution < 1.29 is 0 Å². The third-order valence-corrected chi connectivity index (χ3v) is 4.84. The van der Waals surface area contributed by atoms with E-state index in [2.05, 4.69) is 34.6 Å². The lowest BCUT2D eigenvalue weighted by Crippen LogP contribution is -2.39. The van der Waals surface area contributed by atoms with E-state index in [-0.39, 0.29) is 0 Å². The van der Waals surface area contributed by atoms with Crippen molar-refractivity contribution in [3.05, 3.63) is 0 Å². The Morgan fingerprint density at radius 1 is 1.12 bits per heavy atom. The molecule has 1 heteroatoms. The van der Waals surface area contributed by atoms with E-state index >= 15 is 0 Å². The molecule has 2 N–H and O–H groups in total. The van der Waals surface area contributed by atoms with E-state index < -0.39 is 0 Å². The first-order valence-electron chi connectivity index (χ1n) is 7.11. The zero-order valence-corrected chi connectivity index (χ0v) is 11.9. The molecule has 1 nitrogen and oxygen atoms in total. The van der Waals surface area contributed by atoms with Gasteiger partial charge in [0, 0.05) is 6.04 Å². The zero-order valence-electron chi connectivity index (χ0n) is 11.9. The van der Waals surface area contributed by atoms with Crippen LogP contribution < -0.4 is 5.73 Å². The van der Waals surface area contributed by atoms with E-state index in [1.807, 2.05) is 0 Å². The normalized spacial score (nSPS) is 31.1. The molecule has 1 fully saturated rings. The van der Waals surface area contributed by atoms with Crippen molar-refractivity contribution in [2.75, 3.05) is 0 Å². The SMILES string of the molecule is CCC(C)C(N)C1CCC(C(C)(C)C)CC1. The molecule has 0 saturated heterocycles. The van der Waals surface area contributed by atoms with Crippen LogP contribution in [0.25, 0.3) is 0 Å². The maximum Gasteiger partial charge on any atom is 0.00928 e. The summed E-state index contributed by atoms with van der Waals surface area (Å²) in [6, 6.07) is 0.436. The van der Waals surface area contributed by atoms with Gasteiger partial charge in [0.05, 0.1) is 0 Å². The lowest BCUT2D eigenvalue weighted by atomic mass is 9.67. The number of hydrogen-bond donors (Lipinski definition) is 1. The summed E-state index contributed by atoms with van der Waals surface area (Å²) >= 11 is 0. The quantitative estimate of drug-likeness (QED) is 0.765. The summed E-state index contributed by atoms with van der Waals surface area (Å²) in [6.45, 7) is 11.7. The van der Waals surface area contributed by atoms with Gasteiger partial charge in [0.1, 0.15) is 0 Å². The van der Waals surface area contributed by atoms with E-state index in [1.165, 1.54) is 32.1 Å². The monoisotopic (exact) mass is 225 g/mol. The van der Waals surface area contributed by atoms with E-state index in [9.17, 15) is 0 Å². The van der Waals surface area contributed by atoms with Gasteiger partial charge in [-0.3, -0.25) is 0 Å². The third kappa shape index (κ3) is 3.48. The molecular formula is C15H31N. The van der Waals surface area contributed by atoms with Crippen LogP contribution in [0.2, 0.25) is 0 Å². The molecule has 0 bridgehead atoms. The molecule has 2 unspecified atom stereocenters. The molecule has 16 heavy (non-hydrogen) atoms. The fourth-order valence-electron chi connectivity index (χ4n) is 3.11. The van der Waals surface area contributed by atoms with E-state index in [0.717, 1.165) is 11.8 Å². The Balaban J connectivity index is 2.43. The van der Waals surface area contributed by atoms with Crippen molar-refractivity contribution in [2.45, 2.75) is 72.8 Å². The van der Waals surface area contributed by atoms with E-state index in [0.29, 0.717) is 17.4 Å². The first kappa shape index (κ1) is 14.0. The van der Waals surface area contributed by atoms with Gasteiger partial charge in [-0.15, -0.1) is 0 Å². The molecule has 2 atom stereocenters. The fraction of sp³-hybridized carbons (Fsp3) is 1.00. The van der Waals surface area contributed by atoms with Crippen LogP contribution in [0, 0.1) is 23.2 Å². The molecule has 0 radical (unpaired) electrons. The molecule has 1 rings (SSSR count). The molecular weight excluding hydrogens is 194 g/mol. The van der Waals surface area contributed by atoms with Crippen molar-refractivity contribution in [3.8, 4) is 0 Å². The van der Waals surface area contributed by atoms with Gasteiger partial charge < -0.3 is 5.73 Å². The lowest BCUT2D eigenvalue weighted by Gasteiger charge is -2.39. The Kier molecular flexibility index (Phi) is 4.85. The van der Waals surface area contributed by atoms with Crippen molar-refractivity contribution in [2.24, 2.45) is 28.9 Å². The van der Waals surface area contributed by atoms with Crippen LogP contribution in [-0.2, 0) is 0 Å². The summed E-state index contributed by atoms with van der Waals surface area (Å²) < 4.78 is 0. The zero-order chi connectivity index (χ0) is 12.3. The first-order chi connectivity index (χ1) is 7.36. The van der Waals surface area contributed by atoms with Crippen LogP contribution in [0.4, 0.5) is 0 Å². The number of nitrogens with two attached hydrogens (primary N) is 1. The van der Waals surface area contributed by atoms with Crippen LogP contribution in [-0.4, -0.2) is 6.04 Å². The average Bonchev–Trinajstić information content (AvgIpc) is 2.26. The topological polar surface area (TPSA) is 26.0 Å². The Bertz CT molecular complexity index is 196. The van der Waals surface area contributed by atoms with E-state index in [4.69, 9.17) is 5.73 Å². The van der Waals surface area contributed by atoms with Crippen molar-refractivity contribution >= 4 is 0 Å². The van der Waals surface area contributed by atoms with Gasteiger partial charge in [0.15, 0.2) is 0 Å². The molecule has 0 heterocycles. The van der Waals surface area contributed by atoms with Crippen molar-refractivity contribution in [3.63, 3.8) is 0 Å². The van der Waals surface area contributed by atoms with Crippen LogP contribution in [0.3, 0.4) is 0 Å². The smallest absolute Gasteiger partial charge is 0.00928 e. The van der Waals surface area contributed by atoms with Gasteiger partial charge in [-0.25, -0.2) is 0 Å². The summed E-state index contributed by atoms with van der Waals surface area (Å²) in [7, 11) is 0. The summed E-state index contributed by atoms with van der Waals surface area (Å²) in [5.74, 6) is 2.39. The van der Waals surface area contributed by atoms with Crippen LogP contribution in [0.15, 0.2) is 0 Å². The Hall–Kier alpha value is -0.0400. The summed E-state index contributed by atoms with van der Waals surface area (Å²) in [5, 5.41) is 0. The van der Waals surface area contributed by atoms with Crippen molar-refractivity contribution in [1.29, 1.82) is 0 Å². The highest BCUT2D eigenvalue weighted by Gasteiger charge is 2.32. The standard InChI is InChI=1S/C15H31N/c1-6-11(2)14(16)12-7-9-13(10-8-12)15(3,4)5/h11-14H,6-10,16H2,1-5H3. The second kappa shape index (κ2) is 5.53. The van der Waals surface area contributed by atoms with Crippen LogP contribution >= 0.6 is 0 Å². The molecule has 0 amide bonds. The first-order valence-corrected chi connectivity index (χ1v) is 7.11. The second-order valence-corrected chi connectivity index (χ2v) is 6.94. The molecule has 0 aromatic heterocycles. The van der Waals surface area contributed by atoms with E-state index in [1.54, 1.807) is 0 Å². The minimum absolute atomic E-state index is 0.436. The average molecular weight is 225 g/mol. The van der Waals surface area contributed by atoms with Gasteiger partial charge in [-0.05, 0) is 48.9 Å². The molecule has 1 saturated carbocycles. The van der Waals surface area contributed by atoms with Gasteiger partial charge in [0.2, 0.25) is 0 Å². The second-order valence-electron chi connectivity index (χ2n) is 6.94. The summed E-state index contributed by atoms with van der Waals surface area (Å²) in [5.41, 5.74) is 6.85. The van der Waals surface area contributed by atoms with Crippen molar-refractivity contribution in [1.82, 2.24) is 0 Å². The molecule has 0 spiro atoms. The predicted octanol–water partition coefficient (Wildman–Crippen LogP) is 4.21. The molecule has 1 aliphatic rings. The number of hydrogen-bond acceptors (Lipinski definition) is 1. The third-order valence-electron chi connectivity index (χ3n) is 4.84. The van der Waals surface area contributed by atoms with Gasteiger partial charge >= 0.3 is 0 Å². The highest BCUT2D eigenvalue weighted by Crippen LogP contribution is 2.41. The summed E-state index contributed by atoms with van der Waals surface area (Å²) in [4.78, 5) is 0. The molecule has 0 aromatic carbocycles. The Labute approximate surface area is 102 Å². The minimum atomic E-state index is 0.436. The summed E-state index contributed by atoms with van der Waals surface area (Å²) in [6.07, 6.45) is 6.71. The maximum atomic E-state index is 6.36. The highest BCUT2D eigenvalue weighted by atomic mass is 14.7. The number of rotatable bonds is 3. The lowest BCUT2D eigenvalue weighted by molar-refractivity contribution is 0.129.